The van der Waals surface area contributed by atoms with Crippen LogP contribution in [0.5, 0.6) is 0 Å². The molecule has 112 valence electrons. The van der Waals surface area contributed by atoms with Crippen LogP contribution in [0, 0.1) is 5.41 Å². The van der Waals surface area contributed by atoms with E-state index in [0.29, 0.717) is 11.5 Å². The number of hydrogen-bond acceptors (Lipinski definition) is 2. The number of fused-ring (bicyclic) bond motifs is 1. The first-order valence-electron chi connectivity index (χ1n) is 8.04. The Labute approximate surface area is 123 Å². The second kappa shape index (κ2) is 7.24. The lowest BCUT2D eigenvalue weighted by molar-refractivity contribution is 0.126. The predicted molar refractivity (Wildman–Crippen MR) is 85.0 cm³/mol. The van der Waals surface area contributed by atoms with E-state index >= 15 is 0 Å². The summed E-state index contributed by atoms with van der Waals surface area (Å²) in [5.41, 5.74) is 3.31. The Hall–Kier alpha value is -0.860. The maximum Gasteiger partial charge on any atom is 0.0478 e. The summed E-state index contributed by atoms with van der Waals surface area (Å²) in [6.45, 7) is 9.75. The van der Waals surface area contributed by atoms with E-state index in [1.54, 1.807) is 0 Å². The summed E-state index contributed by atoms with van der Waals surface area (Å²) in [5.74, 6) is 0. The number of nitrogens with one attached hydrogen (secondary N) is 1. The fraction of sp³-hybridized carbons (Fsp3) is 0.667. The zero-order valence-corrected chi connectivity index (χ0v) is 13.2. The molecule has 0 radical (unpaired) electrons. The van der Waals surface area contributed by atoms with Crippen molar-refractivity contribution in [2.24, 2.45) is 5.41 Å². The fourth-order valence-corrected chi connectivity index (χ4v) is 3.15. The molecule has 1 aliphatic carbocycles. The van der Waals surface area contributed by atoms with Crippen LogP contribution in [0.3, 0.4) is 0 Å². The van der Waals surface area contributed by atoms with Crippen molar-refractivity contribution in [2.75, 3.05) is 19.8 Å². The highest BCUT2D eigenvalue weighted by Gasteiger charge is 2.37. The van der Waals surface area contributed by atoms with Crippen LogP contribution in [0.4, 0.5) is 0 Å². The molecule has 2 heteroatoms. The van der Waals surface area contributed by atoms with Crippen LogP contribution in [-0.2, 0) is 11.2 Å². The second-order valence-corrected chi connectivity index (χ2v) is 6.57. The second-order valence-electron chi connectivity index (χ2n) is 6.57. The molecule has 0 aromatic heterocycles. The molecule has 1 atom stereocenters. The zero-order valence-electron chi connectivity index (χ0n) is 13.2. The minimum absolute atomic E-state index is 0.312. The van der Waals surface area contributed by atoms with Gasteiger partial charge >= 0.3 is 0 Å². The smallest absolute Gasteiger partial charge is 0.0478 e. The first-order chi connectivity index (χ1) is 9.65. The van der Waals surface area contributed by atoms with Crippen molar-refractivity contribution in [3.63, 3.8) is 0 Å². The summed E-state index contributed by atoms with van der Waals surface area (Å²) in [5, 5.41) is 3.74. The van der Waals surface area contributed by atoms with Gasteiger partial charge in [-0.25, -0.2) is 0 Å². The topological polar surface area (TPSA) is 21.3 Å². The van der Waals surface area contributed by atoms with Gasteiger partial charge in [-0.15, -0.1) is 0 Å². The highest BCUT2D eigenvalue weighted by molar-refractivity contribution is 5.37. The Kier molecular flexibility index (Phi) is 5.62. The van der Waals surface area contributed by atoms with Gasteiger partial charge in [0.1, 0.15) is 0 Å². The summed E-state index contributed by atoms with van der Waals surface area (Å²) in [7, 11) is 0. The molecule has 0 fully saturated rings. The number of rotatable bonds is 8. The van der Waals surface area contributed by atoms with Gasteiger partial charge < -0.3 is 10.1 Å². The van der Waals surface area contributed by atoms with Crippen LogP contribution >= 0.6 is 0 Å². The van der Waals surface area contributed by atoms with Gasteiger partial charge in [0, 0.05) is 19.3 Å². The summed E-state index contributed by atoms with van der Waals surface area (Å²) in [6.07, 6.45) is 4.66. The summed E-state index contributed by atoms with van der Waals surface area (Å²) >= 11 is 0. The van der Waals surface area contributed by atoms with E-state index in [1.807, 2.05) is 0 Å². The number of hydrogen-bond donors (Lipinski definition) is 1. The normalized spacial score (nSPS) is 20.1. The van der Waals surface area contributed by atoms with Crippen molar-refractivity contribution in [3.8, 4) is 0 Å². The lowest BCUT2D eigenvalue weighted by atomic mass is 9.85. The Bertz CT molecular complexity index is 414. The van der Waals surface area contributed by atoms with E-state index < -0.39 is 0 Å². The molecule has 0 bridgehead atoms. The maximum absolute atomic E-state index is 5.62. The summed E-state index contributed by atoms with van der Waals surface area (Å²) in [4.78, 5) is 0. The molecule has 1 N–H and O–H groups in total. The first-order valence-corrected chi connectivity index (χ1v) is 8.04. The highest BCUT2D eigenvalue weighted by atomic mass is 16.5. The Morgan fingerprint density at radius 3 is 2.75 bits per heavy atom. The number of unbranched alkanes of at least 4 members (excludes halogenated alkanes) is 1. The monoisotopic (exact) mass is 275 g/mol. The summed E-state index contributed by atoms with van der Waals surface area (Å²) < 4.78 is 5.62. The van der Waals surface area contributed by atoms with Gasteiger partial charge in [-0.3, -0.25) is 0 Å². The van der Waals surface area contributed by atoms with E-state index in [0.717, 1.165) is 26.2 Å². The van der Waals surface area contributed by atoms with Crippen LogP contribution in [-0.4, -0.2) is 19.8 Å². The van der Waals surface area contributed by atoms with E-state index in [4.69, 9.17) is 4.74 Å². The SMILES string of the molecule is CCCCOCCCNC1c2ccccc2CC1(C)C. The highest BCUT2D eigenvalue weighted by Crippen LogP contribution is 2.44. The van der Waals surface area contributed by atoms with Crippen LogP contribution < -0.4 is 5.32 Å². The van der Waals surface area contributed by atoms with Gasteiger partial charge in [-0.1, -0.05) is 51.5 Å². The molecule has 1 aromatic rings. The van der Waals surface area contributed by atoms with Crippen LogP contribution in [0.15, 0.2) is 24.3 Å². The van der Waals surface area contributed by atoms with Gasteiger partial charge in [-0.2, -0.15) is 0 Å². The van der Waals surface area contributed by atoms with Gasteiger partial charge in [-0.05, 0) is 42.3 Å². The maximum atomic E-state index is 5.62. The predicted octanol–water partition coefficient (Wildman–Crippen LogP) is 4.11. The molecule has 0 heterocycles. The molecule has 1 aromatic carbocycles. The van der Waals surface area contributed by atoms with Crippen molar-refractivity contribution < 1.29 is 4.74 Å². The first kappa shape index (κ1) is 15.5. The molecule has 0 amide bonds. The molecule has 1 aliphatic rings. The molecule has 0 saturated heterocycles. The molecule has 0 aliphatic heterocycles. The van der Waals surface area contributed by atoms with Crippen LogP contribution in [0.2, 0.25) is 0 Å². The Morgan fingerprint density at radius 2 is 1.95 bits per heavy atom. The van der Waals surface area contributed by atoms with Gasteiger partial charge in [0.15, 0.2) is 0 Å². The van der Waals surface area contributed by atoms with Gasteiger partial charge in [0.2, 0.25) is 0 Å². The van der Waals surface area contributed by atoms with Crippen molar-refractivity contribution in [1.82, 2.24) is 5.32 Å². The molecule has 2 nitrogen and oxygen atoms in total. The molecule has 0 spiro atoms. The third-order valence-electron chi connectivity index (χ3n) is 4.25. The molecular weight excluding hydrogens is 246 g/mol. The minimum atomic E-state index is 0.312. The van der Waals surface area contributed by atoms with E-state index in [2.05, 4.69) is 50.4 Å². The van der Waals surface area contributed by atoms with E-state index in [-0.39, 0.29) is 0 Å². The zero-order chi connectivity index (χ0) is 14.4. The van der Waals surface area contributed by atoms with Crippen molar-refractivity contribution in [3.05, 3.63) is 35.4 Å². The quantitative estimate of drug-likeness (QED) is 0.721. The van der Waals surface area contributed by atoms with Crippen LogP contribution in [0.1, 0.15) is 57.2 Å². The van der Waals surface area contributed by atoms with Gasteiger partial charge in [0.25, 0.3) is 0 Å². The third-order valence-corrected chi connectivity index (χ3v) is 4.25. The van der Waals surface area contributed by atoms with E-state index in [9.17, 15) is 0 Å². The fourth-order valence-electron chi connectivity index (χ4n) is 3.15. The molecule has 1 unspecified atom stereocenters. The minimum Gasteiger partial charge on any atom is -0.381 e. The number of ether oxygens (including phenoxy) is 1. The Morgan fingerprint density at radius 1 is 1.20 bits per heavy atom. The molecule has 20 heavy (non-hydrogen) atoms. The van der Waals surface area contributed by atoms with Gasteiger partial charge in [0.05, 0.1) is 0 Å². The van der Waals surface area contributed by atoms with Crippen molar-refractivity contribution in [1.29, 1.82) is 0 Å². The lowest BCUT2D eigenvalue weighted by Gasteiger charge is -2.28. The summed E-state index contributed by atoms with van der Waals surface area (Å²) in [6, 6.07) is 9.34. The standard InChI is InChI=1S/C18H29NO/c1-4-5-12-20-13-8-11-19-17-16-10-7-6-9-15(16)14-18(17,2)3/h6-7,9-10,17,19H,4-5,8,11-14H2,1-3H3. The third kappa shape index (κ3) is 3.83. The van der Waals surface area contributed by atoms with Crippen molar-refractivity contribution >= 4 is 0 Å². The average Bonchev–Trinajstić information content (AvgIpc) is 2.68. The average molecular weight is 275 g/mol. The lowest BCUT2D eigenvalue weighted by Crippen LogP contribution is -2.32. The molecular formula is C18H29NO. The van der Waals surface area contributed by atoms with Crippen LogP contribution in [0.25, 0.3) is 0 Å². The molecule has 0 saturated carbocycles. The molecule has 2 rings (SSSR count). The van der Waals surface area contributed by atoms with E-state index in [1.165, 1.54) is 30.4 Å². The number of benzene rings is 1. The Balaban J connectivity index is 1.77. The van der Waals surface area contributed by atoms with Crippen molar-refractivity contribution in [2.45, 2.75) is 52.5 Å². The largest absolute Gasteiger partial charge is 0.381 e.